The van der Waals surface area contributed by atoms with Gasteiger partial charge in [0.25, 0.3) is 11.5 Å². The molecule has 0 saturated heterocycles. The second kappa shape index (κ2) is 7.32. The topological polar surface area (TPSA) is 74.8 Å². The Kier molecular flexibility index (Phi) is 4.95. The van der Waals surface area contributed by atoms with Crippen molar-refractivity contribution in [3.05, 3.63) is 87.3 Å². The average Bonchev–Trinajstić information content (AvgIpc) is 2.62. The maximum atomic E-state index is 12.5. The van der Waals surface area contributed by atoms with Crippen LogP contribution in [0.15, 0.2) is 65.5 Å². The first-order chi connectivity index (χ1) is 12.0. The van der Waals surface area contributed by atoms with Gasteiger partial charge in [0.15, 0.2) is 0 Å². The zero-order valence-electron chi connectivity index (χ0n) is 13.5. The Labute approximate surface area is 149 Å². The standard InChI is InChI=1S/C19H16ClN3O2/c1-12(14-8-5-9-15(20)10-14)21-19(25)16-11-17(24)23-18(22-16)13-6-3-2-4-7-13/h2-12H,1H3,(H,21,25)(H,22,23,24). The molecule has 0 fully saturated rings. The third-order valence-electron chi connectivity index (χ3n) is 3.72. The van der Waals surface area contributed by atoms with Gasteiger partial charge in [0.05, 0.1) is 6.04 Å². The van der Waals surface area contributed by atoms with Crippen LogP contribution in [0.1, 0.15) is 29.0 Å². The summed E-state index contributed by atoms with van der Waals surface area (Å²) in [6.07, 6.45) is 0. The molecule has 0 aliphatic heterocycles. The highest BCUT2D eigenvalue weighted by atomic mass is 35.5. The van der Waals surface area contributed by atoms with Gasteiger partial charge in [-0.3, -0.25) is 9.59 Å². The van der Waals surface area contributed by atoms with Gasteiger partial charge in [-0.15, -0.1) is 0 Å². The van der Waals surface area contributed by atoms with Gasteiger partial charge in [-0.1, -0.05) is 54.1 Å². The predicted molar refractivity (Wildman–Crippen MR) is 97.6 cm³/mol. The highest BCUT2D eigenvalue weighted by molar-refractivity contribution is 6.30. The SMILES string of the molecule is CC(NC(=O)c1cc(=O)[nH]c(-c2ccccc2)n1)c1cccc(Cl)c1. The summed E-state index contributed by atoms with van der Waals surface area (Å²) in [5.41, 5.74) is 1.29. The summed E-state index contributed by atoms with van der Waals surface area (Å²) in [5, 5.41) is 3.43. The van der Waals surface area contributed by atoms with Crippen molar-refractivity contribution in [3.8, 4) is 11.4 Å². The Morgan fingerprint density at radius 3 is 2.60 bits per heavy atom. The van der Waals surface area contributed by atoms with Crippen LogP contribution in [0, 0.1) is 0 Å². The van der Waals surface area contributed by atoms with Crippen LogP contribution in [0.25, 0.3) is 11.4 Å². The lowest BCUT2D eigenvalue weighted by Gasteiger charge is -2.14. The minimum atomic E-state index is -0.421. The van der Waals surface area contributed by atoms with E-state index in [1.54, 1.807) is 12.1 Å². The molecule has 3 rings (SSSR count). The third kappa shape index (κ3) is 4.14. The second-order valence-corrected chi connectivity index (χ2v) is 6.03. The number of rotatable bonds is 4. The third-order valence-corrected chi connectivity index (χ3v) is 3.95. The molecule has 1 aromatic heterocycles. The number of aromatic nitrogens is 2. The first kappa shape index (κ1) is 16.9. The molecule has 0 spiro atoms. The Bertz CT molecular complexity index is 954. The van der Waals surface area contributed by atoms with Crippen molar-refractivity contribution in [1.29, 1.82) is 0 Å². The largest absolute Gasteiger partial charge is 0.344 e. The van der Waals surface area contributed by atoms with Crippen LogP contribution in [0.5, 0.6) is 0 Å². The Morgan fingerprint density at radius 1 is 1.12 bits per heavy atom. The highest BCUT2D eigenvalue weighted by Crippen LogP contribution is 2.18. The van der Waals surface area contributed by atoms with E-state index in [2.05, 4.69) is 15.3 Å². The summed E-state index contributed by atoms with van der Waals surface area (Å²) in [5.74, 6) is -0.0654. The molecule has 0 bridgehead atoms. The number of halogens is 1. The fourth-order valence-corrected chi connectivity index (χ4v) is 2.64. The minimum absolute atomic E-state index is 0.0662. The maximum absolute atomic E-state index is 12.5. The van der Waals surface area contributed by atoms with Crippen molar-refractivity contribution in [1.82, 2.24) is 15.3 Å². The number of aromatic amines is 1. The highest BCUT2D eigenvalue weighted by Gasteiger charge is 2.15. The number of nitrogens with one attached hydrogen (secondary N) is 2. The van der Waals surface area contributed by atoms with Crippen molar-refractivity contribution < 1.29 is 4.79 Å². The van der Waals surface area contributed by atoms with Crippen molar-refractivity contribution in [2.75, 3.05) is 0 Å². The zero-order valence-corrected chi connectivity index (χ0v) is 14.2. The molecule has 0 aliphatic rings. The van der Waals surface area contributed by atoms with E-state index in [-0.39, 0.29) is 17.3 Å². The lowest BCUT2D eigenvalue weighted by atomic mass is 10.1. The normalized spacial score (nSPS) is 11.8. The number of carbonyl (C=O) groups excluding carboxylic acids is 1. The van der Waals surface area contributed by atoms with Gasteiger partial charge in [-0.2, -0.15) is 0 Å². The van der Waals surface area contributed by atoms with Gasteiger partial charge >= 0.3 is 0 Å². The smallest absolute Gasteiger partial charge is 0.270 e. The molecule has 1 amide bonds. The van der Waals surface area contributed by atoms with Crippen LogP contribution in [0.2, 0.25) is 5.02 Å². The van der Waals surface area contributed by atoms with Crippen LogP contribution >= 0.6 is 11.6 Å². The van der Waals surface area contributed by atoms with Crippen LogP contribution in [-0.2, 0) is 0 Å². The fourth-order valence-electron chi connectivity index (χ4n) is 2.44. The van der Waals surface area contributed by atoms with Crippen LogP contribution in [0.3, 0.4) is 0 Å². The number of nitrogens with zero attached hydrogens (tertiary/aromatic N) is 1. The molecule has 2 aromatic carbocycles. The molecule has 0 aliphatic carbocycles. The number of carbonyl (C=O) groups is 1. The number of benzene rings is 2. The summed E-state index contributed by atoms with van der Waals surface area (Å²) < 4.78 is 0. The summed E-state index contributed by atoms with van der Waals surface area (Å²) in [7, 11) is 0. The molecular formula is C19H16ClN3O2. The number of hydrogen-bond donors (Lipinski definition) is 2. The van der Waals surface area contributed by atoms with E-state index in [1.807, 2.05) is 49.4 Å². The van der Waals surface area contributed by atoms with Crippen molar-refractivity contribution >= 4 is 17.5 Å². The van der Waals surface area contributed by atoms with Gasteiger partial charge < -0.3 is 10.3 Å². The van der Waals surface area contributed by atoms with E-state index >= 15 is 0 Å². The van der Waals surface area contributed by atoms with Crippen LogP contribution < -0.4 is 10.9 Å². The minimum Gasteiger partial charge on any atom is -0.344 e. The van der Waals surface area contributed by atoms with E-state index in [4.69, 9.17) is 11.6 Å². The predicted octanol–water partition coefficient (Wildman–Crippen LogP) is 3.58. The zero-order chi connectivity index (χ0) is 17.8. The van der Waals surface area contributed by atoms with Gasteiger partial charge in [0.2, 0.25) is 0 Å². The Hall–Kier alpha value is -2.92. The van der Waals surface area contributed by atoms with Crippen LogP contribution in [0.4, 0.5) is 0 Å². The maximum Gasteiger partial charge on any atom is 0.270 e. The fraction of sp³-hybridized carbons (Fsp3) is 0.105. The van der Waals surface area contributed by atoms with E-state index in [1.165, 1.54) is 6.07 Å². The van der Waals surface area contributed by atoms with Gasteiger partial charge in [0.1, 0.15) is 11.5 Å². The molecule has 1 unspecified atom stereocenters. The second-order valence-electron chi connectivity index (χ2n) is 5.60. The number of hydrogen-bond acceptors (Lipinski definition) is 3. The van der Waals surface area contributed by atoms with Crippen molar-refractivity contribution in [3.63, 3.8) is 0 Å². The molecule has 25 heavy (non-hydrogen) atoms. The molecule has 3 aromatic rings. The first-order valence-corrected chi connectivity index (χ1v) is 8.14. The monoisotopic (exact) mass is 353 g/mol. The summed E-state index contributed by atoms with van der Waals surface area (Å²) in [6.45, 7) is 1.84. The molecule has 1 heterocycles. The average molecular weight is 354 g/mol. The van der Waals surface area contributed by atoms with Crippen LogP contribution in [-0.4, -0.2) is 15.9 Å². The lowest BCUT2D eigenvalue weighted by molar-refractivity contribution is 0.0934. The molecular weight excluding hydrogens is 338 g/mol. The number of H-pyrrole nitrogens is 1. The number of amides is 1. The van der Waals surface area contributed by atoms with Gasteiger partial charge in [-0.25, -0.2) is 4.98 Å². The molecule has 1 atom stereocenters. The Morgan fingerprint density at radius 2 is 1.88 bits per heavy atom. The van der Waals surface area contributed by atoms with Crippen molar-refractivity contribution in [2.45, 2.75) is 13.0 Å². The van der Waals surface area contributed by atoms with E-state index < -0.39 is 5.91 Å². The molecule has 0 radical (unpaired) electrons. The molecule has 126 valence electrons. The summed E-state index contributed by atoms with van der Waals surface area (Å²) in [4.78, 5) is 31.3. The molecule has 0 saturated carbocycles. The van der Waals surface area contributed by atoms with E-state index in [0.29, 0.717) is 10.8 Å². The first-order valence-electron chi connectivity index (χ1n) is 7.76. The van der Waals surface area contributed by atoms with Gasteiger partial charge in [0, 0.05) is 16.7 Å². The molecule has 5 nitrogen and oxygen atoms in total. The summed E-state index contributed by atoms with van der Waals surface area (Å²) >= 11 is 5.98. The summed E-state index contributed by atoms with van der Waals surface area (Å²) in [6, 6.07) is 17.3. The molecule has 2 N–H and O–H groups in total. The van der Waals surface area contributed by atoms with E-state index in [9.17, 15) is 9.59 Å². The Balaban J connectivity index is 1.85. The van der Waals surface area contributed by atoms with Crippen molar-refractivity contribution in [2.24, 2.45) is 0 Å². The molecule has 6 heteroatoms. The quantitative estimate of drug-likeness (QED) is 0.752. The van der Waals surface area contributed by atoms with Gasteiger partial charge in [-0.05, 0) is 24.6 Å². The lowest BCUT2D eigenvalue weighted by Crippen LogP contribution is -2.29. The van der Waals surface area contributed by atoms with E-state index in [0.717, 1.165) is 11.1 Å².